The molecule has 0 fully saturated rings. The zero-order chi connectivity index (χ0) is 12.0. The van der Waals surface area contributed by atoms with Crippen LogP contribution in [0.2, 0.25) is 0 Å². The fourth-order valence-electron chi connectivity index (χ4n) is 1.29. The van der Waals surface area contributed by atoms with E-state index in [0.717, 1.165) is 6.42 Å². The molecule has 0 aliphatic rings. The number of nitrogens with zero attached hydrogens (tertiary/aromatic N) is 1. The molecule has 0 saturated heterocycles. The first kappa shape index (κ1) is 12.4. The molecule has 1 aromatic rings. The van der Waals surface area contributed by atoms with Gasteiger partial charge in [0.15, 0.2) is 0 Å². The molecule has 0 bridgehead atoms. The maximum Gasteiger partial charge on any atom is 0.251 e. The minimum Gasteiger partial charge on any atom is -0.392 e. The van der Waals surface area contributed by atoms with Crippen molar-refractivity contribution in [2.75, 3.05) is 5.32 Å². The minimum absolute atomic E-state index is 0.116. The highest BCUT2D eigenvalue weighted by Crippen LogP contribution is 2.14. The van der Waals surface area contributed by atoms with Gasteiger partial charge >= 0.3 is 0 Å². The summed E-state index contributed by atoms with van der Waals surface area (Å²) < 4.78 is 0. The molecule has 86 valence electrons. The van der Waals surface area contributed by atoms with Crippen LogP contribution in [-0.4, -0.2) is 16.0 Å². The van der Waals surface area contributed by atoms with Gasteiger partial charge in [0.05, 0.1) is 18.5 Å². The normalized spacial score (nSPS) is 11.3. The smallest absolute Gasteiger partial charge is 0.251 e. The van der Waals surface area contributed by atoms with Crippen molar-refractivity contribution < 1.29 is 9.90 Å². The van der Waals surface area contributed by atoms with E-state index in [2.05, 4.69) is 10.3 Å². The van der Waals surface area contributed by atoms with Crippen molar-refractivity contribution in [3.8, 4) is 0 Å². The van der Waals surface area contributed by atoms with Gasteiger partial charge in [0.1, 0.15) is 0 Å². The first-order valence-electron chi connectivity index (χ1n) is 5.21. The third-order valence-corrected chi connectivity index (χ3v) is 2.20. The molecule has 1 heterocycles. The first-order chi connectivity index (χ1) is 7.69. The Kier molecular flexibility index (Phi) is 4.66. The Morgan fingerprint density at radius 1 is 1.62 bits per heavy atom. The average molecular weight is 220 g/mol. The lowest BCUT2D eigenvalue weighted by atomic mass is 10.2. The van der Waals surface area contributed by atoms with Gasteiger partial charge in [-0.3, -0.25) is 9.78 Å². The predicted molar refractivity (Wildman–Crippen MR) is 62.8 cm³/mol. The molecule has 0 spiro atoms. The van der Waals surface area contributed by atoms with Crippen LogP contribution in [0.3, 0.4) is 0 Å². The number of hydrogen-bond acceptors (Lipinski definition) is 3. The molecule has 1 amide bonds. The number of aromatic nitrogens is 1. The van der Waals surface area contributed by atoms with Crippen molar-refractivity contribution in [3.63, 3.8) is 0 Å². The number of nitrogens with one attached hydrogen (secondary N) is 1. The maximum atomic E-state index is 11.7. The van der Waals surface area contributed by atoms with Crippen molar-refractivity contribution >= 4 is 11.6 Å². The lowest BCUT2D eigenvalue weighted by molar-refractivity contribution is -0.112. The summed E-state index contributed by atoms with van der Waals surface area (Å²) in [6.45, 7) is 3.61. The fraction of sp³-hybridized carbons (Fsp3) is 0.333. The number of carbonyl (C=O) groups is 1. The second kappa shape index (κ2) is 6.02. The summed E-state index contributed by atoms with van der Waals surface area (Å²) in [4.78, 5) is 15.6. The molecule has 2 N–H and O–H groups in total. The molecule has 1 rings (SSSR count). The fourth-order valence-corrected chi connectivity index (χ4v) is 1.29. The molecule has 16 heavy (non-hydrogen) atoms. The number of amides is 1. The molecule has 0 unspecified atom stereocenters. The maximum absolute atomic E-state index is 11.7. The molecule has 4 nitrogen and oxygen atoms in total. The molecule has 1 aromatic heterocycles. The van der Waals surface area contributed by atoms with E-state index in [1.807, 2.05) is 13.0 Å². The SMILES string of the molecule is CC/C=C(/C)C(=O)Nc1cnccc1CO. The average Bonchev–Trinajstić information content (AvgIpc) is 2.30. The number of rotatable bonds is 4. The van der Waals surface area contributed by atoms with Crippen LogP contribution in [0.1, 0.15) is 25.8 Å². The van der Waals surface area contributed by atoms with E-state index in [9.17, 15) is 4.79 Å². The van der Waals surface area contributed by atoms with Crippen LogP contribution >= 0.6 is 0 Å². The summed E-state index contributed by atoms with van der Waals surface area (Å²) in [5.41, 5.74) is 1.88. The van der Waals surface area contributed by atoms with Gasteiger partial charge in [-0.05, 0) is 19.4 Å². The van der Waals surface area contributed by atoms with E-state index in [1.54, 1.807) is 19.2 Å². The van der Waals surface area contributed by atoms with Crippen molar-refractivity contribution in [1.29, 1.82) is 0 Å². The molecule has 0 aromatic carbocycles. The second-order valence-corrected chi connectivity index (χ2v) is 3.44. The summed E-state index contributed by atoms with van der Waals surface area (Å²) in [6.07, 6.45) is 5.78. The predicted octanol–water partition coefficient (Wildman–Crippen LogP) is 1.87. The zero-order valence-electron chi connectivity index (χ0n) is 9.53. The van der Waals surface area contributed by atoms with E-state index in [4.69, 9.17) is 5.11 Å². The molecular weight excluding hydrogens is 204 g/mol. The quantitative estimate of drug-likeness (QED) is 0.761. The monoisotopic (exact) mass is 220 g/mol. The summed E-state index contributed by atoms with van der Waals surface area (Å²) in [7, 11) is 0. The molecule has 0 aliphatic heterocycles. The van der Waals surface area contributed by atoms with Crippen LogP contribution in [0, 0.1) is 0 Å². The highest BCUT2D eigenvalue weighted by atomic mass is 16.3. The molecule has 0 radical (unpaired) electrons. The van der Waals surface area contributed by atoms with Crippen molar-refractivity contribution in [3.05, 3.63) is 35.7 Å². The summed E-state index contributed by atoms with van der Waals surface area (Å²) in [5.74, 6) is -0.162. The second-order valence-electron chi connectivity index (χ2n) is 3.44. The van der Waals surface area contributed by atoms with Crippen LogP contribution in [0.25, 0.3) is 0 Å². The Balaban J connectivity index is 2.80. The Hall–Kier alpha value is -1.68. The molecule has 0 atom stereocenters. The number of pyridine rings is 1. The number of carbonyl (C=O) groups excluding carboxylic acids is 1. The molecular formula is C12H16N2O2. The summed E-state index contributed by atoms with van der Waals surface area (Å²) in [6, 6.07) is 1.68. The van der Waals surface area contributed by atoms with Gasteiger partial charge in [-0.15, -0.1) is 0 Å². The van der Waals surface area contributed by atoms with E-state index in [-0.39, 0.29) is 12.5 Å². The van der Waals surface area contributed by atoms with Gasteiger partial charge in [0.2, 0.25) is 0 Å². The first-order valence-corrected chi connectivity index (χ1v) is 5.21. The van der Waals surface area contributed by atoms with Gasteiger partial charge < -0.3 is 10.4 Å². The van der Waals surface area contributed by atoms with Crippen LogP contribution in [-0.2, 0) is 11.4 Å². The standard InChI is InChI=1S/C12H16N2O2/c1-3-4-9(2)12(16)14-11-7-13-6-5-10(11)8-15/h4-7,15H,3,8H2,1-2H3,(H,14,16)/b9-4-. The molecule has 0 aliphatic carbocycles. The topological polar surface area (TPSA) is 62.2 Å². The number of anilines is 1. The van der Waals surface area contributed by atoms with Gasteiger partial charge in [-0.25, -0.2) is 0 Å². The van der Waals surface area contributed by atoms with Crippen LogP contribution in [0.4, 0.5) is 5.69 Å². The van der Waals surface area contributed by atoms with Crippen molar-refractivity contribution in [2.45, 2.75) is 26.9 Å². The summed E-state index contributed by atoms with van der Waals surface area (Å²) >= 11 is 0. The summed E-state index contributed by atoms with van der Waals surface area (Å²) in [5, 5.41) is 11.8. The number of aliphatic hydroxyl groups excluding tert-OH is 1. The third kappa shape index (κ3) is 3.17. The Morgan fingerprint density at radius 3 is 3.00 bits per heavy atom. The Bertz CT molecular complexity index is 400. The van der Waals surface area contributed by atoms with E-state index in [1.165, 1.54) is 6.20 Å². The Labute approximate surface area is 95.0 Å². The third-order valence-electron chi connectivity index (χ3n) is 2.20. The van der Waals surface area contributed by atoms with Crippen LogP contribution < -0.4 is 5.32 Å². The van der Waals surface area contributed by atoms with Crippen molar-refractivity contribution in [1.82, 2.24) is 4.98 Å². The van der Waals surface area contributed by atoms with Crippen molar-refractivity contribution in [2.24, 2.45) is 0 Å². The highest BCUT2D eigenvalue weighted by Gasteiger charge is 2.07. The minimum atomic E-state index is -0.162. The largest absolute Gasteiger partial charge is 0.392 e. The number of hydrogen-bond donors (Lipinski definition) is 2. The number of aliphatic hydroxyl groups is 1. The molecule has 4 heteroatoms. The lowest BCUT2D eigenvalue weighted by Crippen LogP contribution is -2.14. The zero-order valence-corrected chi connectivity index (χ0v) is 9.53. The lowest BCUT2D eigenvalue weighted by Gasteiger charge is -2.08. The van der Waals surface area contributed by atoms with E-state index >= 15 is 0 Å². The van der Waals surface area contributed by atoms with Gasteiger partial charge in [0.25, 0.3) is 5.91 Å². The van der Waals surface area contributed by atoms with Crippen LogP contribution in [0.5, 0.6) is 0 Å². The van der Waals surface area contributed by atoms with Crippen LogP contribution in [0.15, 0.2) is 30.1 Å². The Morgan fingerprint density at radius 2 is 2.38 bits per heavy atom. The van der Waals surface area contributed by atoms with E-state index < -0.39 is 0 Å². The van der Waals surface area contributed by atoms with Gasteiger partial charge in [-0.2, -0.15) is 0 Å². The van der Waals surface area contributed by atoms with Gasteiger partial charge in [-0.1, -0.05) is 13.0 Å². The van der Waals surface area contributed by atoms with Gasteiger partial charge in [0, 0.05) is 17.3 Å². The molecule has 0 saturated carbocycles. The van der Waals surface area contributed by atoms with E-state index in [0.29, 0.717) is 16.8 Å². The highest BCUT2D eigenvalue weighted by molar-refractivity contribution is 6.03. The number of allylic oxidation sites excluding steroid dienone is 1.